The minimum atomic E-state index is -0.998. The summed E-state index contributed by atoms with van der Waals surface area (Å²) in [6.07, 6.45) is 2.54. The SMILES string of the molecule is CCCCOCC(=O)NCCc1ccc(C(=O)O)cc1OC. The molecule has 0 saturated heterocycles. The lowest BCUT2D eigenvalue weighted by molar-refractivity contribution is -0.125. The number of nitrogens with one attached hydrogen (secondary N) is 1. The van der Waals surface area contributed by atoms with E-state index in [2.05, 4.69) is 12.2 Å². The Balaban J connectivity index is 2.41. The van der Waals surface area contributed by atoms with Crippen molar-refractivity contribution in [2.24, 2.45) is 0 Å². The van der Waals surface area contributed by atoms with E-state index in [1.165, 1.54) is 19.2 Å². The lowest BCUT2D eigenvalue weighted by atomic mass is 10.1. The Morgan fingerprint density at radius 3 is 2.73 bits per heavy atom. The van der Waals surface area contributed by atoms with Crippen LogP contribution in [0, 0.1) is 0 Å². The fourth-order valence-corrected chi connectivity index (χ4v) is 1.88. The quantitative estimate of drug-likeness (QED) is 0.645. The van der Waals surface area contributed by atoms with Gasteiger partial charge in [0.25, 0.3) is 0 Å². The Hall–Kier alpha value is -2.08. The molecule has 0 aliphatic heterocycles. The van der Waals surface area contributed by atoms with Gasteiger partial charge in [-0.25, -0.2) is 4.79 Å². The summed E-state index contributed by atoms with van der Waals surface area (Å²) >= 11 is 0. The second kappa shape index (κ2) is 9.78. The number of rotatable bonds is 10. The van der Waals surface area contributed by atoms with Gasteiger partial charge in [-0.1, -0.05) is 19.4 Å². The van der Waals surface area contributed by atoms with E-state index in [4.69, 9.17) is 14.6 Å². The molecule has 0 aliphatic rings. The predicted octanol–water partition coefficient (Wildman–Crippen LogP) is 1.87. The van der Waals surface area contributed by atoms with Gasteiger partial charge in [-0.15, -0.1) is 0 Å². The first-order valence-electron chi connectivity index (χ1n) is 7.33. The number of unbranched alkanes of at least 4 members (excludes halogenated alkanes) is 1. The zero-order valence-electron chi connectivity index (χ0n) is 13.1. The zero-order valence-corrected chi connectivity index (χ0v) is 13.1. The van der Waals surface area contributed by atoms with Gasteiger partial charge in [0, 0.05) is 13.2 Å². The number of aromatic carboxylic acids is 1. The standard InChI is InChI=1S/C16H23NO5/c1-3-4-9-22-11-15(18)17-8-7-12-5-6-13(16(19)20)10-14(12)21-2/h5-6,10H,3-4,7-9,11H2,1-2H3,(H,17,18)(H,19,20). The van der Waals surface area contributed by atoms with Crippen LogP contribution in [0.4, 0.5) is 0 Å². The van der Waals surface area contributed by atoms with E-state index < -0.39 is 5.97 Å². The average Bonchev–Trinajstić information content (AvgIpc) is 2.51. The van der Waals surface area contributed by atoms with Gasteiger partial charge in [-0.2, -0.15) is 0 Å². The van der Waals surface area contributed by atoms with Crippen molar-refractivity contribution < 1.29 is 24.2 Å². The molecule has 2 N–H and O–H groups in total. The summed E-state index contributed by atoms with van der Waals surface area (Å²) in [5.74, 6) is -0.645. The topological polar surface area (TPSA) is 84.9 Å². The Bertz CT molecular complexity index is 501. The summed E-state index contributed by atoms with van der Waals surface area (Å²) in [5, 5.41) is 11.7. The van der Waals surface area contributed by atoms with Crippen LogP contribution >= 0.6 is 0 Å². The molecule has 0 spiro atoms. The molecule has 122 valence electrons. The van der Waals surface area contributed by atoms with Crippen LogP contribution < -0.4 is 10.1 Å². The van der Waals surface area contributed by atoms with Gasteiger partial charge in [0.2, 0.25) is 5.91 Å². The number of carbonyl (C=O) groups is 2. The molecule has 1 amide bonds. The predicted molar refractivity (Wildman–Crippen MR) is 82.4 cm³/mol. The number of hydrogen-bond donors (Lipinski definition) is 2. The number of amides is 1. The first kappa shape index (κ1) is 18.0. The van der Waals surface area contributed by atoms with E-state index in [-0.39, 0.29) is 18.1 Å². The van der Waals surface area contributed by atoms with Gasteiger partial charge in [-0.3, -0.25) is 4.79 Å². The second-order valence-corrected chi connectivity index (χ2v) is 4.84. The third-order valence-corrected chi connectivity index (χ3v) is 3.13. The molecule has 6 heteroatoms. The summed E-state index contributed by atoms with van der Waals surface area (Å²) in [4.78, 5) is 22.5. The minimum Gasteiger partial charge on any atom is -0.496 e. The van der Waals surface area contributed by atoms with Crippen molar-refractivity contribution in [2.45, 2.75) is 26.2 Å². The van der Waals surface area contributed by atoms with Crippen molar-refractivity contribution in [1.82, 2.24) is 5.32 Å². The van der Waals surface area contributed by atoms with Gasteiger partial charge in [0.15, 0.2) is 0 Å². The van der Waals surface area contributed by atoms with Crippen LogP contribution in [0.3, 0.4) is 0 Å². The summed E-state index contributed by atoms with van der Waals surface area (Å²) in [6.45, 7) is 3.16. The molecule has 22 heavy (non-hydrogen) atoms. The molecule has 1 aromatic carbocycles. The number of hydrogen-bond acceptors (Lipinski definition) is 4. The average molecular weight is 309 g/mol. The highest BCUT2D eigenvalue weighted by Crippen LogP contribution is 2.20. The molecule has 0 atom stereocenters. The van der Waals surface area contributed by atoms with Crippen LogP contribution in [0.5, 0.6) is 5.75 Å². The van der Waals surface area contributed by atoms with Crippen LogP contribution in [0.25, 0.3) is 0 Å². The van der Waals surface area contributed by atoms with Crippen molar-refractivity contribution >= 4 is 11.9 Å². The second-order valence-electron chi connectivity index (χ2n) is 4.84. The molecule has 0 aromatic heterocycles. The third-order valence-electron chi connectivity index (χ3n) is 3.13. The minimum absolute atomic E-state index is 0.0646. The first-order chi connectivity index (χ1) is 10.6. The maximum atomic E-state index is 11.5. The van der Waals surface area contributed by atoms with Crippen molar-refractivity contribution in [3.8, 4) is 5.75 Å². The lowest BCUT2D eigenvalue weighted by Gasteiger charge is -2.10. The summed E-state index contributed by atoms with van der Waals surface area (Å²) in [5.41, 5.74) is 1.02. The number of carboxylic acids is 1. The van der Waals surface area contributed by atoms with E-state index in [0.29, 0.717) is 25.3 Å². The van der Waals surface area contributed by atoms with Gasteiger partial charge >= 0.3 is 5.97 Å². The number of benzene rings is 1. The Labute approximate surface area is 130 Å². The Morgan fingerprint density at radius 2 is 2.09 bits per heavy atom. The maximum absolute atomic E-state index is 11.5. The van der Waals surface area contributed by atoms with Crippen LogP contribution in [-0.4, -0.2) is 43.9 Å². The smallest absolute Gasteiger partial charge is 0.335 e. The molecule has 0 unspecified atom stereocenters. The third kappa shape index (κ3) is 6.13. The fourth-order valence-electron chi connectivity index (χ4n) is 1.88. The highest BCUT2D eigenvalue weighted by atomic mass is 16.5. The molecule has 6 nitrogen and oxygen atoms in total. The normalized spacial score (nSPS) is 10.3. The largest absolute Gasteiger partial charge is 0.496 e. The number of methoxy groups -OCH3 is 1. The fraction of sp³-hybridized carbons (Fsp3) is 0.500. The van der Waals surface area contributed by atoms with Crippen molar-refractivity contribution in [1.29, 1.82) is 0 Å². The van der Waals surface area contributed by atoms with Crippen LogP contribution in [-0.2, 0) is 16.0 Å². The zero-order chi connectivity index (χ0) is 16.4. The highest BCUT2D eigenvalue weighted by molar-refractivity contribution is 5.88. The molecule has 0 heterocycles. The molecule has 0 aliphatic carbocycles. The lowest BCUT2D eigenvalue weighted by Crippen LogP contribution is -2.29. The van der Waals surface area contributed by atoms with E-state index in [9.17, 15) is 9.59 Å². The Kier molecular flexibility index (Phi) is 7.99. The number of carbonyl (C=O) groups excluding carboxylic acids is 1. The molecule has 0 fully saturated rings. The van der Waals surface area contributed by atoms with Crippen LogP contribution in [0.2, 0.25) is 0 Å². The maximum Gasteiger partial charge on any atom is 0.335 e. The van der Waals surface area contributed by atoms with Gasteiger partial charge < -0.3 is 19.9 Å². The molecule has 0 radical (unpaired) electrons. The van der Waals surface area contributed by atoms with Crippen molar-refractivity contribution in [3.05, 3.63) is 29.3 Å². The van der Waals surface area contributed by atoms with E-state index in [0.717, 1.165) is 18.4 Å². The monoisotopic (exact) mass is 309 g/mol. The Morgan fingerprint density at radius 1 is 1.32 bits per heavy atom. The molecule has 0 bridgehead atoms. The summed E-state index contributed by atoms with van der Waals surface area (Å²) in [7, 11) is 1.49. The van der Waals surface area contributed by atoms with E-state index in [1.54, 1.807) is 6.07 Å². The van der Waals surface area contributed by atoms with Gasteiger partial charge in [0.1, 0.15) is 12.4 Å². The summed E-state index contributed by atoms with van der Waals surface area (Å²) in [6, 6.07) is 4.70. The number of carboxylic acid groups (broad SMARTS) is 1. The van der Waals surface area contributed by atoms with Crippen molar-refractivity contribution in [2.75, 3.05) is 26.9 Å². The van der Waals surface area contributed by atoms with Gasteiger partial charge in [0.05, 0.1) is 12.7 Å². The van der Waals surface area contributed by atoms with Gasteiger partial charge in [-0.05, 0) is 30.5 Å². The molecule has 1 aromatic rings. The van der Waals surface area contributed by atoms with Crippen molar-refractivity contribution in [3.63, 3.8) is 0 Å². The van der Waals surface area contributed by atoms with Crippen LogP contribution in [0.15, 0.2) is 18.2 Å². The van der Waals surface area contributed by atoms with E-state index in [1.807, 2.05) is 0 Å². The highest BCUT2D eigenvalue weighted by Gasteiger charge is 2.09. The molecule has 0 saturated carbocycles. The van der Waals surface area contributed by atoms with Crippen LogP contribution in [0.1, 0.15) is 35.7 Å². The summed E-state index contributed by atoms with van der Waals surface area (Å²) < 4.78 is 10.4. The molecular formula is C16H23NO5. The number of ether oxygens (including phenoxy) is 2. The van der Waals surface area contributed by atoms with E-state index >= 15 is 0 Å². The molecule has 1 rings (SSSR count). The molecular weight excluding hydrogens is 286 g/mol. The first-order valence-corrected chi connectivity index (χ1v) is 7.33.